The van der Waals surface area contributed by atoms with Crippen LogP contribution in [-0.4, -0.2) is 55.2 Å². The van der Waals surface area contributed by atoms with Crippen LogP contribution in [0, 0.1) is 0 Å². The Morgan fingerprint density at radius 3 is 1.63 bits per heavy atom. The fourth-order valence-corrected chi connectivity index (χ4v) is 4.32. The summed E-state index contributed by atoms with van der Waals surface area (Å²) in [5.41, 5.74) is 6.64. The van der Waals surface area contributed by atoms with Gasteiger partial charge in [0.1, 0.15) is 5.75 Å². The van der Waals surface area contributed by atoms with Crippen LogP contribution in [-0.2, 0) is 31.9 Å². The number of hydrogen-bond acceptors (Lipinski definition) is 7. The first-order valence-corrected chi connectivity index (χ1v) is 14.7. The molecule has 0 aliphatic heterocycles. The SMILES string of the molecule is C=C(CO)C(=O)OCCCc1ccc(-c2ccc(-c3ccc(CCCOC(=O)C(=C)CO)cc3)c(OCCCC)c2)cc1. The van der Waals surface area contributed by atoms with E-state index in [2.05, 4.69) is 86.8 Å². The molecular formula is C36H42O7. The molecule has 0 bridgehead atoms. The lowest BCUT2D eigenvalue weighted by molar-refractivity contribution is -0.140. The fourth-order valence-electron chi connectivity index (χ4n) is 4.32. The number of hydrogen-bond donors (Lipinski definition) is 2. The molecule has 0 heterocycles. The van der Waals surface area contributed by atoms with Gasteiger partial charge in [-0.15, -0.1) is 0 Å². The summed E-state index contributed by atoms with van der Waals surface area (Å²) in [7, 11) is 0. The number of carbonyl (C=O) groups excluding carboxylic acids is 2. The van der Waals surface area contributed by atoms with Crippen LogP contribution < -0.4 is 4.74 Å². The molecule has 3 rings (SSSR count). The molecule has 3 aromatic carbocycles. The largest absolute Gasteiger partial charge is 0.493 e. The van der Waals surface area contributed by atoms with Gasteiger partial charge in [-0.1, -0.05) is 87.2 Å². The minimum atomic E-state index is -0.560. The number of ether oxygens (including phenoxy) is 3. The number of aliphatic hydroxyl groups excluding tert-OH is 2. The first kappa shape index (κ1) is 33.3. The second-order valence-corrected chi connectivity index (χ2v) is 10.3. The third-order valence-corrected chi connectivity index (χ3v) is 6.93. The monoisotopic (exact) mass is 586 g/mol. The van der Waals surface area contributed by atoms with Crippen molar-refractivity contribution in [2.45, 2.75) is 45.4 Å². The summed E-state index contributed by atoms with van der Waals surface area (Å²) in [5, 5.41) is 17.9. The van der Waals surface area contributed by atoms with Crippen molar-refractivity contribution in [3.8, 4) is 28.0 Å². The zero-order valence-corrected chi connectivity index (χ0v) is 25.0. The van der Waals surface area contributed by atoms with E-state index in [1.807, 2.05) is 0 Å². The summed E-state index contributed by atoms with van der Waals surface area (Å²) in [6.45, 7) is 9.48. The van der Waals surface area contributed by atoms with Gasteiger partial charge in [-0.3, -0.25) is 0 Å². The molecule has 7 heteroatoms. The van der Waals surface area contributed by atoms with Gasteiger partial charge in [0, 0.05) is 5.56 Å². The molecule has 0 saturated carbocycles. The second-order valence-electron chi connectivity index (χ2n) is 10.3. The van der Waals surface area contributed by atoms with E-state index in [0.29, 0.717) is 19.4 Å². The zero-order valence-electron chi connectivity index (χ0n) is 25.0. The maximum absolute atomic E-state index is 11.6. The summed E-state index contributed by atoms with van der Waals surface area (Å²) in [5.74, 6) is -0.281. The smallest absolute Gasteiger partial charge is 0.335 e. The first-order valence-electron chi connectivity index (χ1n) is 14.7. The van der Waals surface area contributed by atoms with Crippen LogP contribution in [0.4, 0.5) is 0 Å². The Balaban J connectivity index is 1.64. The molecular weight excluding hydrogens is 544 g/mol. The quantitative estimate of drug-likeness (QED) is 0.103. The Hall–Kier alpha value is -4.20. The molecule has 0 atom stereocenters. The average Bonchev–Trinajstić information content (AvgIpc) is 3.04. The van der Waals surface area contributed by atoms with E-state index < -0.39 is 25.2 Å². The number of rotatable bonds is 18. The van der Waals surface area contributed by atoms with Crippen LogP contribution in [0.1, 0.15) is 43.7 Å². The minimum Gasteiger partial charge on any atom is -0.493 e. The Kier molecular flexibility index (Phi) is 13.7. The van der Waals surface area contributed by atoms with E-state index in [1.165, 1.54) is 0 Å². The maximum Gasteiger partial charge on any atom is 0.335 e. The van der Waals surface area contributed by atoms with Crippen molar-refractivity contribution in [2.75, 3.05) is 33.0 Å². The topological polar surface area (TPSA) is 102 Å². The van der Waals surface area contributed by atoms with Crippen LogP contribution in [0.2, 0.25) is 0 Å². The van der Waals surface area contributed by atoms with Crippen molar-refractivity contribution < 1.29 is 34.0 Å². The number of unbranched alkanes of at least 4 members (excludes halogenated alkanes) is 1. The van der Waals surface area contributed by atoms with Crippen molar-refractivity contribution in [1.82, 2.24) is 0 Å². The molecule has 0 saturated heterocycles. The Bertz CT molecular complexity index is 1360. The van der Waals surface area contributed by atoms with Gasteiger partial charge in [0.05, 0.1) is 44.2 Å². The molecule has 0 aromatic heterocycles. The predicted molar refractivity (Wildman–Crippen MR) is 169 cm³/mol. The van der Waals surface area contributed by atoms with Crippen LogP contribution in [0.15, 0.2) is 91.0 Å². The zero-order chi connectivity index (χ0) is 31.0. The van der Waals surface area contributed by atoms with Crippen molar-refractivity contribution in [3.63, 3.8) is 0 Å². The summed E-state index contributed by atoms with van der Waals surface area (Å²) < 4.78 is 16.5. The molecule has 3 aromatic rings. The third kappa shape index (κ3) is 10.5. The normalized spacial score (nSPS) is 10.7. The van der Waals surface area contributed by atoms with E-state index >= 15 is 0 Å². The van der Waals surface area contributed by atoms with Gasteiger partial charge in [0.25, 0.3) is 0 Å². The van der Waals surface area contributed by atoms with Gasteiger partial charge in [-0.05, 0) is 66.0 Å². The average molecular weight is 587 g/mol. The van der Waals surface area contributed by atoms with Gasteiger partial charge >= 0.3 is 11.9 Å². The molecule has 7 nitrogen and oxygen atoms in total. The molecule has 0 spiro atoms. The molecule has 0 amide bonds. The molecule has 0 fully saturated rings. The predicted octanol–water partition coefficient (Wildman–Crippen LogP) is 6.25. The number of carbonyl (C=O) groups is 2. The number of esters is 2. The molecule has 0 radical (unpaired) electrons. The second kappa shape index (κ2) is 17.7. The highest BCUT2D eigenvalue weighted by Gasteiger charge is 2.11. The summed E-state index contributed by atoms with van der Waals surface area (Å²) in [6, 6.07) is 23.0. The molecule has 43 heavy (non-hydrogen) atoms. The van der Waals surface area contributed by atoms with Crippen molar-refractivity contribution in [1.29, 1.82) is 0 Å². The molecule has 0 unspecified atom stereocenters. The van der Waals surface area contributed by atoms with E-state index in [0.717, 1.165) is 64.8 Å². The van der Waals surface area contributed by atoms with Gasteiger partial charge in [-0.25, -0.2) is 9.59 Å². The molecule has 0 aliphatic rings. The van der Waals surface area contributed by atoms with Crippen molar-refractivity contribution in [2.24, 2.45) is 0 Å². The van der Waals surface area contributed by atoms with E-state index in [-0.39, 0.29) is 24.4 Å². The van der Waals surface area contributed by atoms with Gasteiger partial charge in [-0.2, -0.15) is 0 Å². The van der Waals surface area contributed by atoms with E-state index in [1.54, 1.807) is 0 Å². The fraction of sp³-hybridized carbons (Fsp3) is 0.333. The maximum atomic E-state index is 11.6. The van der Waals surface area contributed by atoms with E-state index in [4.69, 9.17) is 24.4 Å². The van der Waals surface area contributed by atoms with Crippen molar-refractivity contribution in [3.05, 3.63) is 102 Å². The highest BCUT2D eigenvalue weighted by Crippen LogP contribution is 2.35. The molecule has 228 valence electrons. The standard InChI is InChI=1S/C36H42O7/c1-4-5-20-41-34-23-32(30-14-10-28(11-15-30)8-6-21-42-35(39)26(2)24-37)18-19-33(34)31-16-12-29(13-17-31)9-7-22-43-36(40)27(3)25-38/h10-19,23,37-38H,2-9,20-22,24-25H2,1H3. The number of benzene rings is 3. The molecule has 2 N–H and O–H groups in total. The lowest BCUT2D eigenvalue weighted by Gasteiger charge is -2.15. The van der Waals surface area contributed by atoms with Gasteiger partial charge in [0.2, 0.25) is 0 Å². The number of aliphatic hydroxyl groups is 2. The lowest BCUT2D eigenvalue weighted by atomic mass is 9.97. The highest BCUT2D eigenvalue weighted by molar-refractivity contribution is 5.88. The summed E-state index contributed by atoms with van der Waals surface area (Å²) in [6.07, 6.45) is 4.90. The van der Waals surface area contributed by atoms with E-state index in [9.17, 15) is 9.59 Å². The summed E-state index contributed by atoms with van der Waals surface area (Å²) >= 11 is 0. The third-order valence-electron chi connectivity index (χ3n) is 6.93. The van der Waals surface area contributed by atoms with Crippen LogP contribution in [0.3, 0.4) is 0 Å². The van der Waals surface area contributed by atoms with Crippen LogP contribution in [0.5, 0.6) is 5.75 Å². The van der Waals surface area contributed by atoms with Crippen LogP contribution in [0.25, 0.3) is 22.3 Å². The van der Waals surface area contributed by atoms with Gasteiger partial charge < -0.3 is 24.4 Å². The first-order chi connectivity index (χ1) is 20.9. The highest BCUT2D eigenvalue weighted by atomic mass is 16.5. The Labute approximate surface area is 254 Å². The Morgan fingerprint density at radius 2 is 1.14 bits per heavy atom. The minimum absolute atomic E-state index is 0.0593. The van der Waals surface area contributed by atoms with Gasteiger partial charge in [0.15, 0.2) is 0 Å². The van der Waals surface area contributed by atoms with Crippen molar-refractivity contribution >= 4 is 11.9 Å². The Morgan fingerprint density at radius 1 is 0.651 bits per heavy atom. The number of aryl methyl sites for hydroxylation is 2. The molecule has 0 aliphatic carbocycles. The lowest BCUT2D eigenvalue weighted by Crippen LogP contribution is -2.11. The van der Waals surface area contributed by atoms with Crippen LogP contribution >= 0.6 is 0 Å². The summed E-state index contributed by atoms with van der Waals surface area (Å²) in [4.78, 5) is 23.2.